The molecule has 0 atom stereocenters. The molecular formula is C14H12N4OS2. The van der Waals surface area contributed by atoms with Crippen molar-refractivity contribution >= 4 is 51.3 Å². The average Bonchev–Trinajstić information content (AvgIpc) is 3.05. The lowest BCUT2D eigenvalue weighted by Gasteiger charge is -2.08. The quantitative estimate of drug-likeness (QED) is 0.636. The van der Waals surface area contributed by atoms with Gasteiger partial charge in [0.25, 0.3) is 5.91 Å². The molecule has 0 aliphatic rings. The Morgan fingerprint density at radius 3 is 3.00 bits per heavy atom. The largest absolute Gasteiger partial charge is 0.342 e. The molecule has 21 heavy (non-hydrogen) atoms. The van der Waals surface area contributed by atoms with Crippen LogP contribution < -0.4 is 10.6 Å². The fourth-order valence-electron chi connectivity index (χ4n) is 1.95. The average molecular weight is 316 g/mol. The highest BCUT2D eigenvalue weighted by molar-refractivity contribution is 7.80. The van der Waals surface area contributed by atoms with Crippen molar-refractivity contribution in [3.05, 3.63) is 46.4 Å². The molecule has 3 N–H and O–H groups in total. The number of aromatic nitrogens is 2. The number of rotatable bonds is 2. The van der Waals surface area contributed by atoms with Gasteiger partial charge in [-0.15, -0.1) is 11.3 Å². The number of H-pyrrole nitrogens is 1. The summed E-state index contributed by atoms with van der Waals surface area (Å²) in [6.07, 6.45) is 0. The topological polar surface area (TPSA) is 69.8 Å². The van der Waals surface area contributed by atoms with Crippen molar-refractivity contribution in [2.24, 2.45) is 0 Å². The lowest BCUT2D eigenvalue weighted by atomic mass is 10.3. The van der Waals surface area contributed by atoms with Crippen LogP contribution in [0.2, 0.25) is 0 Å². The van der Waals surface area contributed by atoms with Crippen LogP contribution in [0.25, 0.3) is 11.0 Å². The van der Waals surface area contributed by atoms with Crippen LogP contribution in [-0.4, -0.2) is 21.0 Å². The van der Waals surface area contributed by atoms with Gasteiger partial charge >= 0.3 is 0 Å². The molecule has 5 nitrogen and oxygen atoms in total. The number of thiocarbonyl (C=S) groups is 1. The van der Waals surface area contributed by atoms with Gasteiger partial charge in [-0.05, 0) is 48.8 Å². The van der Waals surface area contributed by atoms with Crippen molar-refractivity contribution in [3.8, 4) is 0 Å². The van der Waals surface area contributed by atoms with Crippen LogP contribution in [0.4, 0.5) is 5.69 Å². The molecule has 3 aromatic rings. The monoisotopic (exact) mass is 316 g/mol. The number of anilines is 1. The van der Waals surface area contributed by atoms with Crippen molar-refractivity contribution in [1.29, 1.82) is 0 Å². The zero-order valence-electron chi connectivity index (χ0n) is 11.1. The van der Waals surface area contributed by atoms with E-state index < -0.39 is 0 Å². The molecule has 0 saturated heterocycles. The molecular weight excluding hydrogens is 304 g/mol. The maximum absolute atomic E-state index is 11.9. The lowest BCUT2D eigenvalue weighted by Crippen LogP contribution is -2.33. The number of hydrogen-bond donors (Lipinski definition) is 3. The number of aromatic amines is 1. The van der Waals surface area contributed by atoms with Gasteiger partial charge in [-0.2, -0.15) is 0 Å². The van der Waals surface area contributed by atoms with Crippen molar-refractivity contribution < 1.29 is 4.79 Å². The standard InChI is InChI=1S/C14H12N4OS2/c1-8-15-10-5-4-9(7-11(10)16-8)17-14(20)18-13(19)12-3-2-6-21-12/h2-7H,1H3,(H,15,16)(H2,17,18,19,20). The third-order valence-corrected chi connectivity index (χ3v) is 3.90. The van der Waals surface area contributed by atoms with E-state index >= 15 is 0 Å². The minimum Gasteiger partial charge on any atom is -0.342 e. The van der Waals surface area contributed by atoms with Crippen molar-refractivity contribution in [2.75, 3.05) is 5.32 Å². The van der Waals surface area contributed by atoms with E-state index in [1.807, 2.05) is 36.6 Å². The number of benzene rings is 1. The molecule has 0 spiro atoms. The molecule has 3 rings (SSSR count). The van der Waals surface area contributed by atoms with Crippen LogP contribution >= 0.6 is 23.6 Å². The molecule has 2 heterocycles. The third-order valence-electron chi connectivity index (χ3n) is 2.83. The van der Waals surface area contributed by atoms with Crippen molar-refractivity contribution in [1.82, 2.24) is 15.3 Å². The van der Waals surface area contributed by atoms with E-state index in [4.69, 9.17) is 12.2 Å². The fraction of sp³-hybridized carbons (Fsp3) is 0.0714. The molecule has 106 valence electrons. The number of amides is 1. The molecule has 0 bridgehead atoms. The minimum atomic E-state index is -0.207. The van der Waals surface area contributed by atoms with Crippen molar-refractivity contribution in [2.45, 2.75) is 6.92 Å². The summed E-state index contributed by atoms with van der Waals surface area (Å²) in [5.74, 6) is 0.650. The van der Waals surface area contributed by atoms with E-state index in [9.17, 15) is 4.79 Å². The molecule has 2 aromatic heterocycles. The molecule has 0 fully saturated rings. The Balaban J connectivity index is 1.69. The van der Waals surface area contributed by atoms with Gasteiger partial charge in [0, 0.05) is 5.69 Å². The smallest absolute Gasteiger partial charge is 0.267 e. The summed E-state index contributed by atoms with van der Waals surface area (Å²) in [4.78, 5) is 20.0. The van der Waals surface area contributed by atoms with E-state index in [1.165, 1.54) is 11.3 Å². The van der Waals surface area contributed by atoms with Gasteiger partial charge in [0.1, 0.15) is 5.82 Å². The lowest BCUT2D eigenvalue weighted by molar-refractivity contribution is 0.0981. The summed E-state index contributed by atoms with van der Waals surface area (Å²) >= 11 is 6.52. The Morgan fingerprint density at radius 1 is 1.38 bits per heavy atom. The molecule has 0 unspecified atom stereocenters. The molecule has 7 heteroatoms. The van der Waals surface area contributed by atoms with Gasteiger partial charge in [0.2, 0.25) is 0 Å². The molecule has 0 aliphatic carbocycles. The number of nitrogens with zero attached hydrogens (tertiary/aromatic N) is 1. The van der Waals surface area contributed by atoms with Gasteiger partial charge in [0.05, 0.1) is 15.9 Å². The summed E-state index contributed by atoms with van der Waals surface area (Å²) in [5.41, 5.74) is 2.61. The zero-order chi connectivity index (χ0) is 14.8. The van der Waals surface area contributed by atoms with Crippen LogP contribution in [-0.2, 0) is 0 Å². The highest BCUT2D eigenvalue weighted by Gasteiger charge is 2.09. The highest BCUT2D eigenvalue weighted by atomic mass is 32.1. The molecule has 0 saturated carbocycles. The minimum absolute atomic E-state index is 0.207. The number of fused-ring (bicyclic) bond motifs is 1. The second kappa shape index (κ2) is 5.63. The summed E-state index contributed by atoms with van der Waals surface area (Å²) in [5, 5.41) is 7.76. The predicted octanol–water partition coefficient (Wildman–Crippen LogP) is 3.06. The van der Waals surface area contributed by atoms with Gasteiger partial charge in [-0.1, -0.05) is 6.07 Å². The van der Waals surface area contributed by atoms with Gasteiger partial charge in [-0.25, -0.2) is 4.98 Å². The van der Waals surface area contributed by atoms with Crippen LogP contribution in [0, 0.1) is 6.92 Å². The van der Waals surface area contributed by atoms with Gasteiger partial charge < -0.3 is 10.3 Å². The molecule has 1 aromatic carbocycles. The van der Waals surface area contributed by atoms with Crippen LogP contribution in [0.3, 0.4) is 0 Å². The number of imidazole rings is 1. The SMILES string of the molecule is Cc1nc2ccc(NC(=S)NC(=O)c3cccs3)cc2[nH]1. The molecule has 1 amide bonds. The maximum Gasteiger partial charge on any atom is 0.267 e. The Labute approximate surface area is 130 Å². The number of carbonyl (C=O) groups excluding carboxylic acids is 1. The highest BCUT2D eigenvalue weighted by Crippen LogP contribution is 2.17. The molecule has 0 radical (unpaired) electrons. The normalized spacial score (nSPS) is 10.5. The van der Waals surface area contributed by atoms with Crippen LogP contribution in [0.1, 0.15) is 15.5 Å². The summed E-state index contributed by atoms with van der Waals surface area (Å²) in [6.45, 7) is 1.90. The van der Waals surface area contributed by atoms with Crippen LogP contribution in [0.15, 0.2) is 35.7 Å². The fourth-order valence-corrected chi connectivity index (χ4v) is 2.78. The summed E-state index contributed by atoms with van der Waals surface area (Å²) in [6, 6.07) is 9.24. The number of nitrogens with one attached hydrogen (secondary N) is 3. The number of hydrogen-bond acceptors (Lipinski definition) is 4. The first-order chi connectivity index (χ1) is 10.1. The van der Waals surface area contributed by atoms with E-state index in [1.54, 1.807) is 6.07 Å². The van der Waals surface area contributed by atoms with E-state index in [-0.39, 0.29) is 11.0 Å². The summed E-state index contributed by atoms with van der Waals surface area (Å²) in [7, 11) is 0. The zero-order valence-corrected chi connectivity index (χ0v) is 12.8. The van der Waals surface area contributed by atoms with E-state index in [2.05, 4.69) is 20.6 Å². The molecule has 0 aliphatic heterocycles. The Morgan fingerprint density at radius 2 is 2.24 bits per heavy atom. The van der Waals surface area contributed by atoms with Crippen LogP contribution in [0.5, 0.6) is 0 Å². The second-order valence-electron chi connectivity index (χ2n) is 4.44. The second-order valence-corrected chi connectivity index (χ2v) is 5.80. The first-order valence-electron chi connectivity index (χ1n) is 6.24. The number of thiophene rings is 1. The van der Waals surface area contributed by atoms with E-state index in [0.29, 0.717) is 4.88 Å². The Kier molecular flexibility index (Phi) is 3.68. The predicted molar refractivity (Wildman–Crippen MR) is 88.8 cm³/mol. The number of carbonyl (C=O) groups is 1. The number of aryl methyl sites for hydroxylation is 1. The van der Waals surface area contributed by atoms with Gasteiger partial charge in [-0.3, -0.25) is 10.1 Å². The van der Waals surface area contributed by atoms with Crippen molar-refractivity contribution in [3.63, 3.8) is 0 Å². The Bertz CT molecular complexity index is 808. The Hall–Kier alpha value is -2.25. The first kappa shape index (κ1) is 13.7. The maximum atomic E-state index is 11.9. The van der Waals surface area contributed by atoms with E-state index in [0.717, 1.165) is 22.5 Å². The third kappa shape index (κ3) is 3.09. The first-order valence-corrected chi connectivity index (χ1v) is 7.53. The summed E-state index contributed by atoms with van der Waals surface area (Å²) < 4.78 is 0. The van der Waals surface area contributed by atoms with Gasteiger partial charge in [0.15, 0.2) is 5.11 Å².